The van der Waals surface area contributed by atoms with E-state index in [2.05, 4.69) is 114 Å². The Morgan fingerprint density at radius 3 is 1.27 bits per heavy atom. The molecule has 6 atom stereocenters. The molecule has 0 aliphatic carbocycles. The normalized spacial score (nSPS) is 18.9. The Labute approximate surface area is 461 Å². The lowest BCUT2D eigenvalue weighted by atomic mass is 9.82. The van der Waals surface area contributed by atoms with Crippen LogP contribution in [0.2, 0.25) is 96.7 Å². The maximum atomic E-state index is 13.2. The standard InChI is InChI=1S/C28H55NO8Si3.C13H35NO2Si3.C8H12O3.4CH4/c1-10-12-19-38(4,5)36-40(8,9)37-39(6,7)20-14-18-29-25(30)23(24(15-11-2)26(31)32)17-13-16-22-21(3)27(33)35-28(22)34;1-9-11-13-17(3,4)15-19(7,8)16-18(5,6)14-12-10-2;1-3-4-6-5(2)7(9)11-8(6)10;;;;/h21-24H,10-20H2,1-9H3,(H,29,30)(H,31,32);14H,9-13H2,1-8H3;5-6H,3-4H2,1-2H3;4*1H4. The number of amides is 1. The molecule has 2 aliphatic rings. The van der Waals surface area contributed by atoms with Crippen LogP contribution in [0, 0.1) is 35.5 Å². The molecular formula is C53H118N2O13Si6. The van der Waals surface area contributed by atoms with Gasteiger partial charge >= 0.3 is 47.0 Å². The molecule has 0 radical (unpaired) electrons. The third-order valence-electron chi connectivity index (χ3n) is 12.7. The van der Waals surface area contributed by atoms with Gasteiger partial charge in [0.2, 0.25) is 5.91 Å². The summed E-state index contributed by atoms with van der Waals surface area (Å²) in [6.45, 7) is 42.2. The molecule has 6 unspecified atom stereocenters. The van der Waals surface area contributed by atoms with E-state index in [4.69, 9.17) is 21.2 Å². The van der Waals surface area contributed by atoms with Crippen molar-refractivity contribution < 1.29 is 59.8 Å². The van der Waals surface area contributed by atoms with E-state index in [1.165, 1.54) is 25.3 Å². The molecule has 0 bridgehead atoms. The Kier molecular flexibility index (Phi) is 41.7. The fraction of sp³-hybridized carbons (Fsp3) is 0.887. The predicted octanol–water partition coefficient (Wildman–Crippen LogP) is 14.2. The molecular weight excluding hydrogens is 1040 g/mol. The van der Waals surface area contributed by atoms with E-state index in [0.29, 0.717) is 38.6 Å². The van der Waals surface area contributed by atoms with E-state index in [-0.39, 0.29) is 59.4 Å². The van der Waals surface area contributed by atoms with Crippen LogP contribution < -0.4 is 10.3 Å². The second kappa shape index (κ2) is 38.0. The van der Waals surface area contributed by atoms with Crippen molar-refractivity contribution in [1.29, 1.82) is 0 Å². The van der Waals surface area contributed by atoms with Crippen LogP contribution >= 0.6 is 0 Å². The van der Waals surface area contributed by atoms with Crippen LogP contribution in [0.1, 0.15) is 162 Å². The summed E-state index contributed by atoms with van der Waals surface area (Å²) < 4.78 is 35.4. The largest absolute Gasteiger partial charge is 0.481 e. The number of carboxylic acid groups (broad SMARTS) is 1. The molecule has 442 valence electrons. The highest BCUT2D eigenvalue weighted by Gasteiger charge is 2.43. The number of carbonyl (C=O) groups is 6. The maximum Gasteiger partial charge on any atom is 0.317 e. The fourth-order valence-corrected chi connectivity index (χ4v) is 37.3. The third kappa shape index (κ3) is 32.9. The molecule has 21 heteroatoms. The van der Waals surface area contributed by atoms with Crippen LogP contribution in [0.4, 0.5) is 0 Å². The molecule has 0 spiro atoms. The van der Waals surface area contributed by atoms with Gasteiger partial charge in [-0.05, 0) is 142 Å². The molecule has 74 heavy (non-hydrogen) atoms. The molecule has 15 nitrogen and oxygen atoms in total. The molecule has 3 N–H and O–H groups in total. The van der Waals surface area contributed by atoms with Crippen molar-refractivity contribution in [1.82, 2.24) is 10.3 Å². The summed E-state index contributed by atoms with van der Waals surface area (Å²) in [7, 11) is -11.4. The van der Waals surface area contributed by atoms with Crippen LogP contribution in [-0.2, 0) is 54.7 Å². The van der Waals surface area contributed by atoms with Gasteiger partial charge in [0.15, 0.2) is 25.0 Å². The molecule has 2 fully saturated rings. The van der Waals surface area contributed by atoms with Crippen molar-refractivity contribution in [3.63, 3.8) is 0 Å². The Balaban J connectivity index is -0.000000386. The first-order valence-corrected chi connectivity index (χ1v) is 44.6. The number of hydrogen-bond donors (Lipinski definition) is 3. The Bertz CT molecular complexity index is 1610. The van der Waals surface area contributed by atoms with Gasteiger partial charge < -0.3 is 41.3 Å². The van der Waals surface area contributed by atoms with Crippen molar-refractivity contribution in [2.24, 2.45) is 35.5 Å². The minimum absolute atomic E-state index is 0. The number of esters is 4. The number of unbranched alkanes of at least 4 members (excludes halogenated alkanes) is 2. The average molecular weight is 1160 g/mol. The van der Waals surface area contributed by atoms with Crippen molar-refractivity contribution in [2.75, 3.05) is 13.1 Å². The van der Waals surface area contributed by atoms with Crippen molar-refractivity contribution in [3.8, 4) is 0 Å². The molecule has 2 saturated heterocycles. The van der Waals surface area contributed by atoms with Gasteiger partial charge in [0.1, 0.15) is 0 Å². The highest BCUT2D eigenvalue weighted by atomic mass is 28.5. The second-order valence-corrected chi connectivity index (χ2v) is 47.2. The molecule has 2 rings (SSSR count). The van der Waals surface area contributed by atoms with E-state index in [1.807, 2.05) is 13.8 Å². The zero-order valence-electron chi connectivity index (χ0n) is 47.5. The summed E-state index contributed by atoms with van der Waals surface area (Å²) in [5.41, 5.74) is 0. The van der Waals surface area contributed by atoms with Crippen LogP contribution in [0.5, 0.6) is 0 Å². The number of ether oxygens (including phenoxy) is 2. The zero-order valence-corrected chi connectivity index (χ0v) is 53.5. The minimum Gasteiger partial charge on any atom is -0.481 e. The smallest absolute Gasteiger partial charge is 0.317 e. The number of carboxylic acids is 1. The summed E-state index contributed by atoms with van der Waals surface area (Å²) in [6.07, 6.45) is 10.7. The molecule has 0 aromatic heterocycles. The van der Waals surface area contributed by atoms with Gasteiger partial charge in [-0.25, -0.2) is 0 Å². The molecule has 1 amide bonds. The summed E-state index contributed by atoms with van der Waals surface area (Å²) in [6, 6.07) is 3.24. The van der Waals surface area contributed by atoms with Gasteiger partial charge in [-0.1, -0.05) is 123 Å². The highest BCUT2D eigenvalue weighted by molar-refractivity contribution is 6.88. The number of hydrogen-bond acceptors (Lipinski definition) is 13. The Morgan fingerprint density at radius 2 is 0.919 bits per heavy atom. The van der Waals surface area contributed by atoms with Gasteiger partial charge in [0.25, 0.3) is 8.48 Å². The van der Waals surface area contributed by atoms with Gasteiger partial charge in [0, 0.05) is 6.54 Å². The van der Waals surface area contributed by atoms with Crippen molar-refractivity contribution >= 4 is 86.3 Å². The number of nitrogens with one attached hydrogen (secondary N) is 2. The Morgan fingerprint density at radius 1 is 0.514 bits per heavy atom. The number of carbonyl (C=O) groups excluding carboxylic acids is 5. The van der Waals surface area contributed by atoms with E-state index in [0.717, 1.165) is 50.7 Å². The van der Waals surface area contributed by atoms with Gasteiger partial charge in [-0.2, -0.15) is 0 Å². The maximum absolute atomic E-state index is 13.2. The van der Waals surface area contributed by atoms with Gasteiger partial charge in [-0.15, -0.1) is 0 Å². The van der Waals surface area contributed by atoms with Crippen LogP contribution in [0.25, 0.3) is 0 Å². The lowest BCUT2D eigenvalue weighted by Gasteiger charge is -2.39. The topological polar surface area (TPSA) is 202 Å². The highest BCUT2D eigenvalue weighted by Crippen LogP contribution is 2.32. The summed E-state index contributed by atoms with van der Waals surface area (Å²) >= 11 is 0. The molecule has 0 saturated carbocycles. The molecule has 0 aromatic rings. The van der Waals surface area contributed by atoms with Gasteiger partial charge in [-0.3, -0.25) is 28.8 Å². The summed E-state index contributed by atoms with van der Waals surface area (Å²) in [5, 5.41) is 12.8. The SMILES string of the molecule is C.C.C.C.CCCC1C(=O)OC(=O)C1C.CCCC[Si](C)(C)O[Si](C)(C)O[Si](C)(C)CCCNC(=O)C(CCCC1C(=O)OC(=O)C1C)C(CCC)C(=O)O.CCCC[Si](C)(C)O[Si](C)(C)O[Si](C)(C)NCCC. The van der Waals surface area contributed by atoms with E-state index in [9.17, 15) is 33.9 Å². The lowest BCUT2D eigenvalue weighted by molar-refractivity contribution is -0.155. The van der Waals surface area contributed by atoms with Gasteiger partial charge in [0.05, 0.1) is 35.5 Å². The number of rotatable bonds is 32. The molecule has 2 aliphatic heterocycles. The quantitative estimate of drug-likeness (QED) is 0.0248. The summed E-state index contributed by atoms with van der Waals surface area (Å²) in [5.74, 6) is -5.96. The first-order valence-electron chi connectivity index (χ1n) is 26.7. The van der Waals surface area contributed by atoms with Crippen LogP contribution in [0.3, 0.4) is 0 Å². The lowest BCUT2D eigenvalue weighted by Crippen LogP contribution is -2.58. The van der Waals surface area contributed by atoms with E-state index >= 15 is 0 Å². The van der Waals surface area contributed by atoms with Crippen LogP contribution in [0.15, 0.2) is 0 Å². The zero-order chi connectivity index (χ0) is 54.3. The van der Waals surface area contributed by atoms with Crippen LogP contribution in [-0.4, -0.2) is 105 Å². The van der Waals surface area contributed by atoms with E-state index < -0.39 is 92.1 Å². The molecule has 2 heterocycles. The second-order valence-electron chi connectivity index (χ2n) is 22.9. The van der Waals surface area contributed by atoms with Crippen molar-refractivity contribution in [2.45, 2.75) is 258 Å². The van der Waals surface area contributed by atoms with E-state index in [1.54, 1.807) is 13.8 Å². The fourth-order valence-electron chi connectivity index (χ4n) is 9.53. The first kappa shape index (κ1) is 81.2. The third-order valence-corrected chi connectivity index (χ3v) is 35.0. The van der Waals surface area contributed by atoms with Crippen molar-refractivity contribution in [3.05, 3.63) is 0 Å². The summed E-state index contributed by atoms with van der Waals surface area (Å²) in [4.78, 5) is 74.3. The predicted molar refractivity (Wildman–Crippen MR) is 322 cm³/mol. The molecule has 0 aromatic carbocycles. The monoisotopic (exact) mass is 1160 g/mol. The average Bonchev–Trinajstić information content (AvgIpc) is 3.61. The Hall–Kier alpha value is -1.68. The minimum atomic E-state index is -2.28. The number of cyclic esters (lactones) is 4. The first-order chi connectivity index (χ1) is 32.1. The number of aliphatic carboxylic acids is 1.